The van der Waals surface area contributed by atoms with Crippen molar-refractivity contribution < 1.29 is 9.84 Å². The Kier molecular flexibility index (Phi) is 5.16. The van der Waals surface area contributed by atoms with Crippen LogP contribution < -0.4 is 10.1 Å². The van der Waals surface area contributed by atoms with Gasteiger partial charge in [-0.1, -0.05) is 32.4 Å². The number of halogens is 1. The van der Waals surface area contributed by atoms with Crippen LogP contribution in [0.3, 0.4) is 0 Å². The van der Waals surface area contributed by atoms with E-state index < -0.39 is 0 Å². The van der Waals surface area contributed by atoms with E-state index >= 15 is 0 Å². The number of imidazole rings is 1. The zero-order valence-corrected chi connectivity index (χ0v) is 21.1. The van der Waals surface area contributed by atoms with Crippen LogP contribution in [0.15, 0.2) is 37.1 Å². The van der Waals surface area contributed by atoms with Gasteiger partial charge in [-0.3, -0.25) is 9.67 Å². The van der Waals surface area contributed by atoms with Gasteiger partial charge in [-0.2, -0.15) is 15.2 Å². The third kappa shape index (κ3) is 3.66. The van der Waals surface area contributed by atoms with Crippen LogP contribution in [0.2, 0.25) is 5.02 Å². The first-order valence-electron chi connectivity index (χ1n) is 11.7. The minimum absolute atomic E-state index is 0.0128. The number of rotatable bonds is 5. The molecule has 2 N–H and O–H groups in total. The third-order valence-electron chi connectivity index (χ3n) is 6.57. The summed E-state index contributed by atoms with van der Waals surface area (Å²) in [7, 11) is 1.85. The molecule has 1 saturated carbocycles. The van der Waals surface area contributed by atoms with E-state index in [1.54, 1.807) is 35.5 Å². The molecule has 12 heteroatoms. The Labute approximate surface area is 211 Å². The van der Waals surface area contributed by atoms with Crippen molar-refractivity contribution in [2.45, 2.75) is 51.2 Å². The fraction of sp³-hybridized carbons (Fsp3) is 0.375. The first kappa shape index (κ1) is 22.7. The van der Waals surface area contributed by atoms with E-state index in [4.69, 9.17) is 21.4 Å². The highest BCUT2D eigenvalue weighted by atomic mass is 35.5. The predicted molar refractivity (Wildman–Crippen MR) is 135 cm³/mol. The number of aromatic nitrogens is 8. The zero-order valence-electron chi connectivity index (χ0n) is 20.3. The maximum absolute atomic E-state index is 10.3. The van der Waals surface area contributed by atoms with Crippen molar-refractivity contribution in [3.05, 3.63) is 47.8 Å². The lowest BCUT2D eigenvalue weighted by atomic mass is 9.86. The molecule has 0 unspecified atom stereocenters. The number of nitrogens with one attached hydrogen (secondary N) is 1. The molecule has 0 radical (unpaired) electrons. The van der Waals surface area contributed by atoms with Crippen LogP contribution in [-0.4, -0.2) is 50.1 Å². The van der Waals surface area contributed by atoms with Gasteiger partial charge in [0.15, 0.2) is 23.0 Å². The van der Waals surface area contributed by atoms with Crippen molar-refractivity contribution in [3.8, 4) is 11.5 Å². The Morgan fingerprint density at radius 3 is 2.72 bits per heavy atom. The molecule has 1 aliphatic rings. The highest BCUT2D eigenvalue weighted by Crippen LogP contribution is 2.39. The Balaban J connectivity index is 1.34. The lowest BCUT2D eigenvalue weighted by Crippen LogP contribution is -2.37. The number of aliphatic hydroxyl groups excluding tert-OH is 1. The molecular weight excluding hydrogens is 482 g/mol. The smallest absolute Gasteiger partial charge is 0.210 e. The monoisotopic (exact) mass is 507 g/mol. The van der Waals surface area contributed by atoms with Gasteiger partial charge in [0.1, 0.15) is 16.1 Å². The Bertz CT molecular complexity index is 1600. The Morgan fingerprint density at radius 1 is 1.17 bits per heavy atom. The van der Waals surface area contributed by atoms with Crippen LogP contribution in [-0.2, 0) is 12.5 Å². The van der Waals surface area contributed by atoms with Gasteiger partial charge in [-0.05, 0) is 12.8 Å². The van der Waals surface area contributed by atoms with Crippen LogP contribution >= 0.6 is 11.6 Å². The summed E-state index contributed by atoms with van der Waals surface area (Å²) in [6, 6.07) is 1.99. The van der Waals surface area contributed by atoms with Gasteiger partial charge in [-0.25, -0.2) is 9.50 Å². The van der Waals surface area contributed by atoms with Gasteiger partial charge in [0.25, 0.3) is 0 Å². The van der Waals surface area contributed by atoms with Crippen molar-refractivity contribution in [2.75, 3.05) is 5.32 Å². The maximum Gasteiger partial charge on any atom is 0.210 e. The van der Waals surface area contributed by atoms with Gasteiger partial charge < -0.3 is 19.7 Å². The number of aliphatic hydroxyl groups is 1. The molecule has 0 spiro atoms. The summed E-state index contributed by atoms with van der Waals surface area (Å²) in [4.78, 5) is 13.2. The lowest BCUT2D eigenvalue weighted by molar-refractivity contribution is 0.0227. The Hall–Kier alpha value is -3.70. The lowest BCUT2D eigenvalue weighted by Gasteiger charge is -2.35. The van der Waals surface area contributed by atoms with Gasteiger partial charge >= 0.3 is 0 Å². The van der Waals surface area contributed by atoms with E-state index in [-0.39, 0.29) is 17.6 Å². The fourth-order valence-electron chi connectivity index (χ4n) is 4.44. The molecule has 1 aliphatic carbocycles. The molecule has 0 saturated heterocycles. The summed E-state index contributed by atoms with van der Waals surface area (Å²) in [6.45, 7) is 6.40. The van der Waals surface area contributed by atoms with Crippen LogP contribution in [0, 0.1) is 0 Å². The molecule has 36 heavy (non-hydrogen) atoms. The van der Waals surface area contributed by atoms with E-state index in [1.165, 1.54) is 0 Å². The largest absolute Gasteiger partial charge is 0.450 e. The number of pyridine rings is 1. The molecule has 6 rings (SSSR count). The summed E-state index contributed by atoms with van der Waals surface area (Å²) in [5.74, 6) is 2.08. The summed E-state index contributed by atoms with van der Waals surface area (Å²) in [5.41, 5.74) is 2.71. The summed E-state index contributed by atoms with van der Waals surface area (Å²) in [5, 5.41) is 23.0. The summed E-state index contributed by atoms with van der Waals surface area (Å²) >= 11 is 6.76. The highest BCUT2D eigenvalue weighted by Gasteiger charge is 2.35. The van der Waals surface area contributed by atoms with Crippen molar-refractivity contribution >= 4 is 40.0 Å². The first-order valence-corrected chi connectivity index (χ1v) is 12.1. The number of nitrogens with zero attached hydrogens (tertiary/aromatic N) is 8. The molecule has 0 aromatic carbocycles. The molecular formula is C24H26ClN9O2. The average molecular weight is 508 g/mol. The minimum atomic E-state index is -0.375. The van der Waals surface area contributed by atoms with Crippen molar-refractivity contribution in [1.29, 1.82) is 0 Å². The van der Waals surface area contributed by atoms with E-state index in [1.807, 2.05) is 22.4 Å². The molecule has 2 atom stereocenters. The number of ether oxygens (including phenoxy) is 1. The summed E-state index contributed by atoms with van der Waals surface area (Å²) in [6.07, 6.45) is 9.53. The van der Waals surface area contributed by atoms with E-state index in [9.17, 15) is 5.11 Å². The topological polar surface area (TPSA) is 120 Å². The first-order chi connectivity index (χ1) is 17.2. The molecule has 5 heterocycles. The number of fused-ring (bicyclic) bond motifs is 2. The number of aryl methyl sites for hydroxylation is 1. The zero-order chi connectivity index (χ0) is 25.2. The molecule has 11 nitrogen and oxygen atoms in total. The molecule has 0 amide bonds. The van der Waals surface area contributed by atoms with E-state index in [0.29, 0.717) is 45.0 Å². The van der Waals surface area contributed by atoms with E-state index in [2.05, 4.69) is 46.1 Å². The normalized spacial score (nSPS) is 18.1. The molecule has 0 aliphatic heterocycles. The fourth-order valence-corrected chi connectivity index (χ4v) is 4.74. The number of hydrogen-bond donors (Lipinski definition) is 2. The van der Waals surface area contributed by atoms with Crippen LogP contribution in [0.4, 0.5) is 11.8 Å². The average Bonchev–Trinajstić information content (AvgIpc) is 3.51. The second-order valence-electron chi connectivity index (χ2n) is 10.1. The van der Waals surface area contributed by atoms with Crippen LogP contribution in [0.5, 0.6) is 11.5 Å². The highest BCUT2D eigenvalue weighted by molar-refractivity contribution is 6.36. The molecule has 186 valence electrons. The van der Waals surface area contributed by atoms with Gasteiger partial charge in [0, 0.05) is 36.6 Å². The van der Waals surface area contributed by atoms with Crippen LogP contribution in [0.25, 0.3) is 16.7 Å². The quantitative estimate of drug-likeness (QED) is 0.359. The molecule has 1 fully saturated rings. The number of anilines is 2. The molecule has 0 bridgehead atoms. The van der Waals surface area contributed by atoms with Gasteiger partial charge in [0.2, 0.25) is 5.95 Å². The van der Waals surface area contributed by atoms with Crippen molar-refractivity contribution in [2.24, 2.45) is 7.05 Å². The standard InChI is InChI=1S/C24H26ClN9O2/c1-24(2,3)18-9-19(31-34(18)13-5-6-15(13)35)29-23-30-22-21(32(23)4)20(25)17(11-27-22)36-16-12-28-33-8-7-26-10-14(16)33/h7-13,15,35H,5-6H2,1-4H3,(H,27,29,30,31)/t13-,15-/m0/s1. The molecule has 5 aromatic heterocycles. The SMILES string of the molecule is Cn1c(Nc2cc(C(C)(C)C)n([C@H]3CC[C@@H]3O)n2)nc2ncc(Oc3cnn4ccncc34)c(Cl)c21. The third-order valence-corrected chi connectivity index (χ3v) is 6.94. The second-order valence-corrected chi connectivity index (χ2v) is 10.4. The van der Waals surface area contributed by atoms with Gasteiger partial charge in [0.05, 0.1) is 30.7 Å². The predicted octanol–water partition coefficient (Wildman–Crippen LogP) is 4.39. The van der Waals surface area contributed by atoms with Gasteiger partial charge in [-0.15, -0.1) is 0 Å². The van der Waals surface area contributed by atoms with Crippen LogP contribution in [0.1, 0.15) is 45.3 Å². The Morgan fingerprint density at radius 2 is 2.00 bits per heavy atom. The second kappa shape index (κ2) is 8.17. The van der Waals surface area contributed by atoms with E-state index in [0.717, 1.165) is 18.5 Å². The van der Waals surface area contributed by atoms with Crippen molar-refractivity contribution in [3.63, 3.8) is 0 Å². The molecule has 5 aromatic rings. The van der Waals surface area contributed by atoms with Crippen molar-refractivity contribution in [1.82, 2.24) is 38.9 Å². The number of hydrogen-bond acceptors (Lipinski definition) is 8. The minimum Gasteiger partial charge on any atom is -0.450 e. The maximum atomic E-state index is 10.3. The summed E-state index contributed by atoms with van der Waals surface area (Å²) < 4.78 is 11.5.